The van der Waals surface area contributed by atoms with Crippen LogP contribution in [0.25, 0.3) is 0 Å². The normalized spacial score (nSPS) is 21.5. The van der Waals surface area contributed by atoms with Gasteiger partial charge in [-0.25, -0.2) is 4.39 Å². The van der Waals surface area contributed by atoms with Crippen molar-refractivity contribution >= 4 is 17.4 Å². The third kappa shape index (κ3) is 2.35. The molecule has 0 N–H and O–H groups in total. The molecule has 0 saturated carbocycles. The van der Waals surface area contributed by atoms with Crippen LogP contribution in [0.1, 0.15) is 0 Å². The van der Waals surface area contributed by atoms with Gasteiger partial charge < -0.3 is 4.74 Å². The van der Waals surface area contributed by atoms with E-state index in [0.717, 1.165) is 4.91 Å². The van der Waals surface area contributed by atoms with E-state index < -0.39 is 0 Å². The number of benzene rings is 1. The Labute approximate surface area is 86.1 Å². The molecular weight excluding hydrogens is 201 g/mol. The molecule has 0 amide bonds. The Hall–Kier alpha value is -0.840. The van der Waals surface area contributed by atoms with Crippen molar-refractivity contribution in [3.63, 3.8) is 0 Å². The molecule has 2 rings (SSSR count). The predicted molar refractivity (Wildman–Crippen MR) is 54.7 cm³/mol. The van der Waals surface area contributed by atoms with Gasteiger partial charge in [-0.15, -0.1) is 0 Å². The molecular formula is C10H9FNOS+. The van der Waals surface area contributed by atoms with Crippen molar-refractivity contribution in [2.75, 3.05) is 6.61 Å². The summed E-state index contributed by atoms with van der Waals surface area (Å²) in [5.74, 6) is -0.284. The van der Waals surface area contributed by atoms with Gasteiger partial charge in [0, 0.05) is 17.0 Å². The quantitative estimate of drug-likeness (QED) is 0.749. The molecule has 2 radical (unpaired) electrons. The van der Waals surface area contributed by atoms with E-state index in [1.165, 1.54) is 23.9 Å². The number of rotatable bonds is 2. The van der Waals surface area contributed by atoms with Crippen molar-refractivity contribution in [3.05, 3.63) is 41.6 Å². The van der Waals surface area contributed by atoms with Crippen LogP contribution in [0.2, 0.25) is 0 Å². The Kier molecular flexibility index (Phi) is 2.86. The molecule has 0 spiro atoms. The summed E-state index contributed by atoms with van der Waals surface area (Å²) in [5.41, 5.74) is 0.321. The zero-order valence-corrected chi connectivity index (χ0v) is 8.26. The van der Waals surface area contributed by atoms with Gasteiger partial charge >= 0.3 is 5.56 Å². The van der Waals surface area contributed by atoms with E-state index in [1.54, 1.807) is 12.1 Å². The zero-order valence-electron chi connectivity index (χ0n) is 7.44. The molecule has 1 heterocycles. The molecule has 14 heavy (non-hydrogen) atoms. The van der Waals surface area contributed by atoms with Crippen molar-refractivity contribution in [2.24, 2.45) is 0 Å². The van der Waals surface area contributed by atoms with Crippen molar-refractivity contribution in [1.82, 2.24) is 5.32 Å². The number of hydrogen-bond donors (Lipinski definition) is 0. The number of thioether (sulfide) groups is 1. The first kappa shape index (κ1) is 9.71. The van der Waals surface area contributed by atoms with Gasteiger partial charge in [0.15, 0.2) is 0 Å². The van der Waals surface area contributed by atoms with Gasteiger partial charge in [0.25, 0.3) is 5.69 Å². The summed E-state index contributed by atoms with van der Waals surface area (Å²) < 4.78 is 18.1. The summed E-state index contributed by atoms with van der Waals surface area (Å²) in [6, 6.07) is 6.14. The molecule has 0 aliphatic carbocycles. The van der Waals surface area contributed by atoms with E-state index in [9.17, 15) is 4.39 Å². The molecule has 72 valence electrons. The second-order valence-corrected chi connectivity index (χ2v) is 4.10. The predicted octanol–water partition coefficient (Wildman–Crippen LogP) is 2.62. The van der Waals surface area contributed by atoms with Crippen LogP contribution in [0.15, 0.2) is 35.7 Å². The molecule has 4 heteroatoms. The molecule has 1 aromatic carbocycles. The van der Waals surface area contributed by atoms with Crippen LogP contribution in [-0.2, 0) is 4.74 Å². The maximum Gasteiger partial charge on any atom is 0.355 e. The van der Waals surface area contributed by atoms with E-state index in [0.29, 0.717) is 12.3 Å². The lowest BCUT2D eigenvalue weighted by molar-refractivity contribution is 0.136. The van der Waals surface area contributed by atoms with E-state index in [4.69, 9.17) is 4.74 Å². The van der Waals surface area contributed by atoms with Crippen molar-refractivity contribution in [1.29, 1.82) is 0 Å². The average molecular weight is 210 g/mol. The highest BCUT2D eigenvalue weighted by Gasteiger charge is 2.32. The van der Waals surface area contributed by atoms with Crippen LogP contribution in [0.3, 0.4) is 0 Å². The minimum Gasteiger partial charge on any atom is -0.306 e. The SMILES string of the molecule is C=C1COC([N+]c2cccc(F)c2)S1. The van der Waals surface area contributed by atoms with Crippen LogP contribution in [-0.4, -0.2) is 12.2 Å². The largest absolute Gasteiger partial charge is 0.355 e. The lowest BCUT2D eigenvalue weighted by atomic mass is 10.3. The summed E-state index contributed by atoms with van der Waals surface area (Å²) in [4.78, 5) is 0.954. The smallest absolute Gasteiger partial charge is 0.306 e. The highest BCUT2D eigenvalue weighted by atomic mass is 32.2. The first-order chi connectivity index (χ1) is 6.74. The first-order valence-electron chi connectivity index (χ1n) is 4.16. The molecule has 1 fully saturated rings. The zero-order chi connectivity index (χ0) is 9.97. The molecule has 1 unspecified atom stereocenters. The first-order valence-corrected chi connectivity index (χ1v) is 5.04. The topological polar surface area (TPSA) is 23.3 Å². The number of halogens is 1. The fraction of sp³-hybridized carbons (Fsp3) is 0.200. The van der Waals surface area contributed by atoms with Crippen molar-refractivity contribution < 1.29 is 9.13 Å². The fourth-order valence-electron chi connectivity index (χ4n) is 1.12. The summed E-state index contributed by atoms with van der Waals surface area (Å²) in [7, 11) is 0. The number of nitrogens with zero attached hydrogens (tertiary/aromatic N) is 1. The molecule has 1 saturated heterocycles. The van der Waals surface area contributed by atoms with Gasteiger partial charge in [-0.05, 0) is 17.8 Å². The Balaban J connectivity index is 2.00. The van der Waals surface area contributed by atoms with Gasteiger partial charge in [0.2, 0.25) is 0 Å². The maximum absolute atomic E-state index is 12.8. The summed E-state index contributed by atoms with van der Waals surface area (Å²) in [5, 5.41) is 4.21. The van der Waals surface area contributed by atoms with Crippen LogP contribution in [0.4, 0.5) is 10.1 Å². The second-order valence-electron chi connectivity index (χ2n) is 2.88. The molecule has 1 aromatic rings. The van der Waals surface area contributed by atoms with Crippen molar-refractivity contribution in [2.45, 2.75) is 5.56 Å². The van der Waals surface area contributed by atoms with Gasteiger partial charge in [-0.2, -0.15) is 0 Å². The third-order valence-corrected chi connectivity index (χ3v) is 2.61. The van der Waals surface area contributed by atoms with E-state index in [-0.39, 0.29) is 11.4 Å². The summed E-state index contributed by atoms with van der Waals surface area (Å²) >= 11 is 1.46. The average Bonchev–Trinajstić information content (AvgIpc) is 2.51. The third-order valence-electron chi connectivity index (χ3n) is 1.72. The van der Waals surface area contributed by atoms with E-state index >= 15 is 0 Å². The molecule has 0 aromatic heterocycles. The number of hydrogen-bond acceptors (Lipinski definition) is 2. The Bertz CT molecular complexity index is 356. The van der Waals surface area contributed by atoms with Gasteiger partial charge in [-0.1, -0.05) is 12.6 Å². The lowest BCUT2D eigenvalue weighted by Gasteiger charge is -1.93. The summed E-state index contributed by atoms with van der Waals surface area (Å²) in [6.45, 7) is 4.29. The maximum atomic E-state index is 12.8. The van der Waals surface area contributed by atoms with Gasteiger partial charge in [0.05, 0.1) is 6.61 Å². The monoisotopic (exact) mass is 210 g/mol. The highest BCUT2D eigenvalue weighted by Crippen LogP contribution is 2.30. The van der Waals surface area contributed by atoms with Gasteiger partial charge in [-0.3, -0.25) is 0 Å². The Morgan fingerprint density at radius 1 is 1.57 bits per heavy atom. The molecule has 1 aliphatic heterocycles. The second kappa shape index (κ2) is 4.13. The molecule has 1 atom stereocenters. The van der Waals surface area contributed by atoms with Crippen LogP contribution < -0.4 is 5.32 Å². The fourth-order valence-corrected chi connectivity index (χ4v) is 1.85. The van der Waals surface area contributed by atoms with Crippen molar-refractivity contribution in [3.8, 4) is 0 Å². The van der Waals surface area contributed by atoms with Crippen LogP contribution in [0.5, 0.6) is 0 Å². The Morgan fingerprint density at radius 2 is 2.43 bits per heavy atom. The van der Waals surface area contributed by atoms with Crippen LogP contribution in [0, 0.1) is 5.82 Å². The van der Waals surface area contributed by atoms with Gasteiger partial charge in [0.1, 0.15) is 11.1 Å². The molecule has 0 bridgehead atoms. The van der Waals surface area contributed by atoms with Crippen LogP contribution >= 0.6 is 11.8 Å². The highest BCUT2D eigenvalue weighted by molar-refractivity contribution is 8.03. The van der Waals surface area contributed by atoms with E-state index in [1.807, 2.05) is 0 Å². The minimum absolute atomic E-state index is 0.274. The summed E-state index contributed by atoms with van der Waals surface area (Å²) in [6.07, 6.45) is 0. The van der Waals surface area contributed by atoms with E-state index in [2.05, 4.69) is 11.9 Å². The minimum atomic E-state index is -0.284. The molecule has 1 aliphatic rings. The number of ether oxygens (including phenoxy) is 1. The standard InChI is InChI=1S/C10H9FNOS/c1-7-6-13-10(14-7)12-9-4-2-3-8(11)5-9/h2-5,10H,1,6H2/q+1. The Morgan fingerprint density at radius 3 is 3.07 bits per heavy atom. The molecule has 2 nitrogen and oxygen atoms in total. The lowest BCUT2D eigenvalue weighted by Crippen LogP contribution is -2.12.